The lowest BCUT2D eigenvalue weighted by Gasteiger charge is -2.30. The molecule has 0 bridgehead atoms. The molecule has 1 aromatic heterocycles. The number of phenols is 1. The van der Waals surface area contributed by atoms with Gasteiger partial charge in [0.05, 0.1) is 37.9 Å². The van der Waals surface area contributed by atoms with Crippen LogP contribution in [-0.4, -0.2) is 31.9 Å². The van der Waals surface area contributed by atoms with E-state index in [0.29, 0.717) is 46.4 Å². The van der Waals surface area contributed by atoms with Crippen molar-refractivity contribution < 1.29 is 23.9 Å². The van der Waals surface area contributed by atoms with E-state index in [1.165, 1.54) is 24.2 Å². The summed E-state index contributed by atoms with van der Waals surface area (Å²) in [5, 5.41) is 11.3. The molecule has 1 saturated heterocycles. The molecule has 30 heavy (non-hydrogen) atoms. The van der Waals surface area contributed by atoms with E-state index < -0.39 is 5.63 Å². The number of phenolic OH excluding ortho intramolecular Hbond substituents is 1. The molecule has 2 atom stereocenters. The van der Waals surface area contributed by atoms with Gasteiger partial charge in [-0.2, -0.15) is 0 Å². The first-order chi connectivity index (χ1) is 14.5. The highest BCUT2D eigenvalue weighted by molar-refractivity contribution is 5.86. The molecule has 6 nitrogen and oxygen atoms in total. The molecule has 1 aliphatic rings. The van der Waals surface area contributed by atoms with Crippen LogP contribution in [-0.2, 0) is 6.54 Å². The Hall–Kier alpha value is -2.99. The average molecular weight is 410 g/mol. The molecule has 0 saturated carbocycles. The van der Waals surface area contributed by atoms with Crippen LogP contribution in [0.25, 0.3) is 22.1 Å². The third kappa shape index (κ3) is 3.75. The summed E-state index contributed by atoms with van der Waals surface area (Å²) < 4.78 is 16.4. The second-order valence-corrected chi connectivity index (χ2v) is 7.98. The Bertz CT molecular complexity index is 1120. The minimum absolute atomic E-state index is 0.176. The first-order valence-electron chi connectivity index (χ1n) is 10.4. The fourth-order valence-corrected chi connectivity index (χ4v) is 4.35. The van der Waals surface area contributed by atoms with Gasteiger partial charge in [0.2, 0.25) is 0 Å². The molecule has 1 unspecified atom stereocenters. The lowest BCUT2D eigenvalue weighted by Crippen LogP contribution is -3.14. The second kappa shape index (κ2) is 8.40. The third-order valence-electron chi connectivity index (χ3n) is 6.16. The standard InChI is InChI=1S/C24H27NO5/c1-15-6-4-5-11-25(15)14-19-20(26)9-7-17-12-18(24(27)30-23(17)19)16-8-10-21(28-2)22(13-16)29-3/h7-10,12-13,15,26H,4-6,11,14H2,1-3H3/p+1/t15-/m0/s1. The van der Waals surface area contributed by atoms with E-state index >= 15 is 0 Å². The number of hydrogen-bond donors (Lipinski definition) is 2. The zero-order valence-corrected chi connectivity index (χ0v) is 17.7. The number of benzene rings is 2. The molecular formula is C24H28NO5+. The van der Waals surface area contributed by atoms with Crippen molar-refractivity contribution in [3.63, 3.8) is 0 Å². The summed E-state index contributed by atoms with van der Waals surface area (Å²) in [6.07, 6.45) is 3.60. The van der Waals surface area contributed by atoms with Crippen LogP contribution in [0, 0.1) is 0 Å². The molecule has 2 N–H and O–H groups in total. The van der Waals surface area contributed by atoms with Gasteiger partial charge in [-0.1, -0.05) is 6.07 Å². The summed E-state index contributed by atoms with van der Waals surface area (Å²) in [6.45, 7) is 3.94. The molecular weight excluding hydrogens is 382 g/mol. The van der Waals surface area contributed by atoms with Crippen molar-refractivity contribution in [1.82, 2.24) is 0 Å². The van der Waals surface area contributed by atoms with Crippen LogP contribution in [0.15, 0.2) is 45.6 Å². The average Bonchev–Trinajstić information content (AvgIpc) is 2.76. The smallest absolute Gasteiger partial charge is 0.344 e. The van der Waals surface area contributed by atoms with Crippen molar-refractivity contribution in [2.45, 2.75) is 38.8 Å². The van der Waals surface area contributed by atoms with Crippen molar-refractivity contribution in [3.05, 3.63) is 52.4 Å². The molecule has 3 aromatic rings. The molecule has 0 spiro atoms. The summed E-state index contributed by atoms with van der Waals surface area (Å²) >= 11 is 0. The largest absolute Gasteiger partial charge is 0.507 e. The van der Waals surface area contributed by atoms with Crippen LogP contribution in [0.4, 0.5) is 0 Å². The molecule has 0 aliphatic carbocycles. The maximum atomic E-state index is 12.9. The van der Waals surface area contributed by atoms with Crippen LogP contribution in [0.3, 0.4) is 0 Å². The molecule has 2 heterocycles. The first kappa shape index (κ1) is 20.3. The third-order valence-corrected chi connectivity index (χ3v) is 6.16. The van der Waals surface area contributed by atoms with Gasteiger partial charge in [-0.3, -0.25) is 0 Å². The number of quaternary nitrogens is 1. The summed E-state index contributed by atoms with van der Waals surface area (Å²) in [5.41, 5.74) is 1.86. The van der Waals surface area contributed by atoms with Gasteiger partial charge in [-0.15, -0.1) is 0 Å². The van der Waals surface area contributed by atoms with Gasteiger partial charge in [0, 0.05) is 5.39 Å². The molecule has 2 aromatic carbocycles. The zero-order chi connectivity index (χ0) is 21.3. The summed E-state index contributed by atoms with van der Waals surface area (Å²) in [4.78, 5) is 14.3. The highest BCUT2D eigenvalue weighted by Gasteiger charge is 2.25. The zero-order valence-electron chi connectivity index (χ0n) is 17.7. The van der Waals surface area contributed by atoms with Crippen LogP contribution < -0.4 is 20.0 Å². The van der Waals surface area contributed by atoms with Gasteiger partial charge >= 0.3 is 5.63 Å². The van der Waals surface area contributed by atoms with Gasteiger partial charge in [-0.25, -0.2) is 4.79 Å². The summed E-state index contributed by atoms with van der Waals surface area (Å²) in [7, 11) is 3.13. The second-order valence-electron chi connectivity index (χ2n) is 7.98. The number of ether oxygens (including phenoxy) is 2. The number of piperidine rings is 1. The fraction of sp³-hybridized carbons (Fsp3) is 0.375. The van der Waals surface area contributed by atoms with Gasteiger partial charge in [0.25, 0.3) is 0 Å². The quantitative estimate of drug-likeness (QED) is 0.632. The SMILES string of the molecule is COc1ccc(-c2cc3ccc(O)c(C[NH+]4CCCC[C@@H]4C)c3oc2=O)cc1OC. The van der Waals surface area contributed by atoms with Crippen molar-refractivity contribution in [3.8, 4) is 28.4 Å². The van der Waals surface area contributed by atoms with Crippen LogP contribution in [0.5, 0.6) is 17.2 Å². The number of likely N-dealkylation sites (tertiary alicyclic amines) is 1. The van der Waals surface area contributed by atoms with Crippen LogP contribution >= 0.6 is 0 Å². The monoisotopic (exact) mass is 410 g/mol. The molecule has 1 fully saturated rings. The number of hydrogen-bond acceptors (Lipinski definition) is 5. The topological polar surface area (TPSA) is 73.3 Å². The molecule has 0 radical (unpaired) electrons. The van der Waals surface area contributed by atoms with Gasteiger partial charge in [0.15, 0.2) is 17.1 Å². The Labute approximate surface area is 175 Å². The Morgan fingerprint density at radius 1 is 1.10 bits per heavy atom. The maximum Gasteiger partial charge on any atom is 0.344 e. The molecule has 158 valence electrons. The van der Waals surface area contributed by atoms with Crippen molar-refractivity contribution >= 4 is 11.0 Å². The lowest BCUT2D eigenvalue weighted by atomic mass is 10.0. The van der Waals surface area contributed by atoms with Gasteiger partial charge < -0.3 is 23.9 Å². The van der Waals surface area contributed by atoms with Crippen molar-refractivity contribution in [1.29, 1.82) is 0 Å². The number of rotatable bonds is 5. The summed E-state index contributed by atoms with van der Waals surface area (Å²) in [5.74, 6) is 1.32. The Morgan fingerprint density at radius 3 is 2.63 bits per heavy atom. The maximum absolute atomic E-state index is 12.9. The first-order valence-corrected chi connectivity index (χ1v) is 10.4. The van der Waals surface area contributed by atoms with Crippen molar-refractivity contribution in [2.24, 2.45) is 0 Å². The predicted octanol–water partition coefficient (Wildman–Crippen LogP) is 3.14. The lowest BCUT2D eigenvalue weighted by molar-refractivity contribution is -0.941. The van der Waals surface area contributed by atoms with E-state index in [2.05, 4.69) is 6.92 Å². The van der Waals surface area contributed by atoms with E-state index in [1.54, 1.807) is 44.6 Å². The Kier molecular flexibility index (Phi) is 5.68. The van der Waals surface area contributed by atoms with Gasteiger partial charge in [0.1, 0.15) is 12.3 Å². The molecule has 6 heteroatoms. The van der Waals surface area contributed by atoms with E-state index in [-0.39, 0.29) is 5.75 Å². The number of methoxy groups -OCH3 is 2. The van der Waals surface area contributed by atoms with Crippen LogP contribution in [0.1, 0.15) is 31.7 Å². The number of nitrogens with one attached hydrogen (secondary N) is 1. The molecule has 0 amide bonds. The number of aromatic hydroxyl groups is 1. The predicted molar refractivity (Wildman–Crippen MR) is 116 cm³/mol. The van der Waals surface area contributed by atoms with Crippen molar-refractivity contribution in [2.75, 3.05) is 20.8 Å². The van der Waals surface area contributed by atoms with Gasteiger partial charge in [-0.05, 0) is 62.1 Å². The Morgan fingerprint density at radius 2 is 1.90 bits per heavy atom. The highest BCUT2D eigenvalue weighted by Crippen LogP contribution is 2.33. The fourth-order valence-electron chi connectivity index (χ4n) is 4.35. The van der Waals surface area contributed by atoms with E-state index in [1.807, 2.05) is 6.07 Å². The van der Waals surface area contributed by atoms with E-state index in [0.717, 1.165) is 11.9 Å². The minimum Gasteiger partial charge on any atom is -0.507 e. The normalized spacial score (nSPS) is 19.0. The van der Waals surface area contributed by atoms with Crippen LogP contribution in [0.2, 0.25) is 0 Å². The highest BCUT2D eigenvalue weighted by atomic mass is 16.5. The van der Waals surface area contributed by atoms with E-state index in [4.69, 9.17) is 13.9 Å². The molecule has 4 rings (SSSR count). The molecule has 1 aliphatic heterocycles. The Balaban J connectivity index is 1.78. The van der Waals surface area contributed by atoms with E-state index in [9.17, 15) is 9.90 Å². The summed E-state index contributed by atoms with van der Waals surface area (Å²) in [6, 6.07) is 11.1. The minimum atomic E-state index is -0.441. The number of fused-ring (bicyclic) bond motifs is 1.